The molecule has 1 saturated carbocycles. The highest BCUT2D eigenvalue weighted by molar-refractivity contribution is 7.99. The summed E-state index contributed by atoms with van der Waals surface area (Å²) in [4.78, 5) is 2.73. The Morgan fingerprint density at radius 1 is 1.16 bits per heavy atom. The fraction of sp³-hybridized carbons (Fsp3) is 1.00. The van der Waals surface area contributed by atoms with Crippen LogP contribution in [0.5, 0.6) is 0 Å². The highest BCUT2D eigenvalue weighted by Gasteiger charge is 2.26. The minimum atomic E-state index is 0.779. The summed E-state index contributed by atoms with van der Waals surface area (Å²) in [7, 11) is 0. The van der Waals surface area contributed by atoms with Gasteiger partial charge in [0.2, 0.25) is 0 Å². The van der Waals surface area contributed by atoms with E-state index < -0.39 is 0 Å². The smallest absolute Gasteiger partial charge is 0.0223 e. The second-order valence-corrected chi connectivity index (χ2v) is 7.56. The first-order chi connectivity index (χ1) is 9.40. The fourth-order valence-electron chi connectivity index (χ4n) is 3.61. The van der Waals surface area contributed by atoms with Crippen LogP contribution in [0, 0.1) is 5.92 Å². The zero-order valence-corrected chi connectivity index (χ0v) is 13.5. The third-order valence-electron chi connectivity index (χ3n) is 4.70. The van der Waals surface area contributed by atoms with Crippen LogP contribution in [0.2, 0.25) is 0 Å². The number of hydrogen-bond acceptors (Lipinski definition) is 3. The largest absolute Gasteiger partial charge is 0.312 e. The highest BCUT2D eigenvalue weighted by Crippen LogP contribution is 2.27. The fourth-order valence-corrected chi connectivity index (χ4v) is 4.24. The molecule has 0 radical (unpaired) electrons. The first-order valence-corrected chi connectivity index (χ1v) is 9.59. The molecule has 0 aromatic rings. The van der Waals surface area contributed by atoms with Crippen molar-refractivity contribution in [1.29, 1.82) is 0 Å². The molecule has 0 bridgehead atoms. The van der Waals surface area contributed by atoms with Crippen molar-refractivity contribution < 1.29 is 0 Å². The van der Waals surface area contributed by atoms with Crippen molar-refractivity contribution in [2.45, 2.75) is 57.9 Å². The van der Waals surface area contributed by atoms with E-state index in [9.17, 15) is 0 Å². The van der Waals surface area contributed by atoms with Gasteiger partial charge in [0.15, 0.2) is 0 Å². The van der Waals surface area contributed by atoms with Gasteiger partial charge < -0.3 is 10.2 Å². The van der Waals surface area contributed by atoms with E-state index in [1.807, 2.05) is 0 Å². The Labute approximate surface area is 124 Å². The van der Waals surface area contributed by atoms with Crippen molar-refractivity contribution in [3.63, 3.8) is 0 Å². The summed E-state index contributed by atoms with van der Waals surface area (Å²) >= 11 is 2.09. The van der Waals surface area contributed by atoms with Crippen LogP contribution in [0.1, 0.15) is 51.9 Å². The molecule has 0 aromatic carbocycles. The van der Waals surface area contributed by atoms with Gasteiger partial charge in [0, 0.05) is 12.6 Å². The average molecular weight is 285 g/mol. The van der Waals surface area contributed by atoms with Crippen molar-refractivity contribution in [3.05, 3.63) is 0 Å². The summed E-state index contributed by atoms with van der Waals surface area (Å²) in [6.07, 6.45) is 10.1. The summed E-state index contributed by atoms with van der Waals surface area (Å²) in [6, 6.07) is 0.779. The van der Waals surface area contributed by atoms with E-state index in [0.717, 1.165) is 12.0 Å². The van der Waals surface area contributed by atoms with E-state index in [4.69, 9.17) is 0 Å². The van der Waals surface area contributed by atoms with Gasteiger partial charge in [0.25, 0.3) is 0 Å². The minimum Gasteiger partial charge on any atom is -0.312 e. The van der Waals surface area contributed by atoms with Gasteiger partial charge in [-0.3, -0.25) is 0 Å². The molecule has 19 heavy (non-hydrogen) atoms. The van der Waals surface area contributed by atoms with Gasteiger partial charge in [-0.25, -0.2) is 0 Å². The SMILES string of the molecule is CCSCCCN1CCCNC(C2CCCCC2)C1. The van der Waals surface area contributed by atoms with Gasteiger partial charge in [-0.1, -0.05) is 26.2 Å². The van der Waals surface area contributed by atoms with Gasteiger partial charge in [-0.05, 0) is 62.7 Å². The van der Waals surface area contributed by atoms with E-state index in [0.29, 0.717) is 0 Å². The predicted octanol–water partition coefficient (Wildman–Crippen LogP) is 3.37. The molecule has 3 heteroatoms. The third-order valence-corrected chi connectivity index (χ3v) is 5.68. The third kappa shape index (κ3) is 5.65. The van der Waals surface area contributed by atoms with Crippen molar-refractivity contribution in [1.82, 2.24) is 10.2 Å². The summed E-state index contributed by atoms with van der Waals surface area (Å²) in [5.41, 5.74) is 0. The molecule has 1 unspecified atom stereocenters. The van der Waals surface area contributed by atoms with Crippen LogP contribution < -0.4 is 5.32 Å². The molecule has 112 valence electrons. The monoisotopic (exact) mass is 284 g/mol. The quantitative estimate of drug-likeness (QED) is 0.753. The molecule has 0 amide bonds. The van der Waals surface area contributed by atoms with Crippen molar-refractivity contribution in [2.75, 3.05) is 37.7 Å². The highest BCUT2D eigenvalue weighted by atomic mass is 32.2. The van der Waals surface area contributed by atoms with Gasteiger partial charge in [0.1, 0.15) is 0 Å². The summed E-state index contributed by atoms with van der Waals surface area (Å²) < 4.78 is 0. The Morgan fingerprint density at radius 2 is 2.00 bits per heavy atom. The molecule has 1 aliphatic heterocycles. The lowest BCUT2D eigenvalue weighted by Crippen LogP contribution is -2.43. The Balaban J connectivity index is 1.73. The minimum absolute atomic E-state index is 0.779. The molecule has 1 atom stereocenters. The molecule has 0 aromatic heterocycles. The second-order valence-electron chi connectivity index (χ2n) is 6.16. The molecule has 1 saturated heterocycles. The number of thioether (sulfide) groups is 1. The summed E-state index contributed by atoms with van der Waals surface area (Å²) in [5.74, 6) is 3.57. The Morgan fingerprint density at radius 3 is 2.79 bits per heavy atom. The lowest BCUT2D eigenvalue weighted by Gasteiger charge is -2.33. The number of nitrogens with zero attached hydrogens (tertiary/aromatic N) is 1. The summed E-state index contributed by atoms with van der Waals surface area (Å²) in [6.45, 7) is 7.44. The lowest BCUT2D eigenvalue weighted by atomic mass is 9.83. The van der Waals surface area contributed by atoms with Crippen molar-refractivity contribution >= 4 is 11.8 Å². The Kier molecular flexibility index (Phi) is 7.62. The van der Waals surface area contributed by atoms with E-state index >= 15 is 0 Å². The maximum absolute atomic E-state index is 3.84. The molecule has 2 nitrogen and oxygen atoms in total. The molecule has 1 heterocycles. The maximum atomic E-state index is 3.84. The molecular weight excluding hydrogens is 252 g/mol. The van der Waals surface area contributed by atoms with E-state index in [1.54, 1.807) is 0 Å². The molecular formula is C16H32N2S. The van der Waals surface area contributed by atoms with E-state index in [2.05, 4.69) is 28.9 Å². The molecule has 1 aliphatic carbocycles. The van der Waals surface area contributed by atoms with Crippen LogP contribution in [0.4, 0.5) is 0 Å². The zero-order valence-electron chi connectivity index (χ0n) is 12.7. The van der Waals surface area contributed by atoms with Crippen LogP contribution in [0.3, 0.4) is 0 Å². The standard InChI is InChI=1S/C16H32N2S/c1-2-19-13-7-12-18-11-6-10-17-16(14-18)15-8-4-3-5-9-15/h15-17H,2-14H2,1H3. The molecule has 2 fully saturated rings. The van der Waals surface area contributed by atoms with Crippen molar-refractivity contribution in [2.24, 2.45) is 5.92 Å². The number of nitrogens with one attached hydrogen (secondary N) is 1. The summed E-state index contributed by atoms with van der Waals surface area (Å²) in [5, 5.41) is 3.84. The maximum Gasteiger partial charge on any atom is 0.0223 e. The van der Waals surface area contributed by atoms with Crippen LogP contribution in [0.15, 0.2) is 0 Å². The lowest BCUT2D eigenvalue weighted by molar-refractivity contribution is 0.207. The van der Waals surface area contributed by atoms with Crippen molar-refractivity contribution in [3.8, 4) is 0 Å². The van der Waals surface area contributed by atoms with E-state index in [1.165, 1.54) is 82.6 Å². The topological polar surface area (TPSA) is 15.3 Å². The van der Waals surface area contributed by atoms with Crippen LogP contribution in [-0.4, -0.2) is 48.6 Å². The second kappa shape index (κ2) is 9.25. The van der Waals surface area contributed by atoms with Crippen LogP contribution in [-0.2, 0) is 0 Å². The Bertz CT molecular complexity index is 229. The first kappa shape index (κ1) is 15.7. The molecule has 1 N–H and O–H groups in total. The van der Waals surface area contributed by atoms with Gasteiger partial charge in [-0.2, -0.15) is 11.8 Å². The first-order valence-electron chi connectivity index (χ1n) is 8.43. The molecule has 0 spiro atoms. The number of rotatable bonds is 6. The molecule has 2 rings (SSSR count). The predicted molar refractivity (Wildman–Crippen MR) is 87.0 cm³/mol. The average Bonchev–Trinajstić information content (AvgIpc) is 2.70. The molecule has 2 aliphatic rings. The van der Waals surface area contributed by atoms with Crippen LogP contribution >= 0.6 is 11.8 Å². The number of hydrogen-bond donors (Lipinski definition) is 1. The Hall–Kier alpha value is 0.270. The van der Waals surface area contributed by atoms with Gasteiger partial charge >= 0.3 is 0 Å². The normalized spacial score (nSPS) is 27.3. The van der Waals surface area contributed by atoms with Crippen LogP contribution in [0.25, 0.3) is 0 Å². The van der Waals surface area contributed by atoms with Gasteiger partial charge in [0.05, 0.1) is 0 Å². The zero-order chi connectivity index (χ0) is 13.3. The van der Waals surface area contributed by atoms with E-state index in [-0.39, 0.29) is 0 Å². The van der Waals surface area contributed by atoms with Gasteiger partial charge in [-0.15, -0.1) is 0 Å².